The smallest absolute Gasteiger partial charge is 0.182 e. The standard InChI is InChI=1S/C5H9NO2S/c7-9(8)5-1-3-6-4-2-5/h1,6H,2-4H2,(H,7,8). The fourth-order valence-electron chi connectivity index (χ4n) is 0.760. The summed E-state index contributed by atoms with van der Waals surface area (Å²) in [6, 6.07) is 0. The van der Waals surface area contributed by atoms with Gasteiger partial charge in [-0.2, -0.15) is 0 Å². The summed E-state index contributed by atoms with van der Waals surface area (Å²) >= 11 is -1.73. The molecular formula is C5H9NO2S. The number of nitrogens with one attached hydrogen (secondary N) is 1. The third kappa shape index (κ3) is 1.89. The molecule has 0 aromatic heterocycles. The van der Waals surface area contributed by atoms with Crippen molar-refractivity contribution in [3.63, 3.8) is 0 Å². The lowest BCUT2D eigenvalue weighted by molar-refractivity contribution is 0.565. The van der Waals surface area contributed by atoms with E-state index in [1.54, 1.807) is 6.08 Å². The summed E-state index contributed by atoms with van der Waals surface area (Å²) in [6.45, 7) is 1.54. The fourth-order valence-corrected chi connectivity index (χ4v) is 1.26. The first-order chi connectivity index (χ1) is 4.30. The summed E-state index contributed by atoms with van der Waals surface area (Å²) in [4.78, 5) is 0.647. The van der Waals surface area contributed by atoms with Crippen LogP contribution in [0.15, 0.2) is 11.0 Å². The second-order valence-electron chi connectivity index (χ2n) is 1.87. The first kappa shape index (κ1) is 6.92. The minimum Gasteiger partial charge on any atom is -0.313 e. The van der Waals surface area contributed by atoms with Crippen LogP contribution in [0.5, 0.6) is 0 Å². The van der Waals surface area contributed by atoms with E-state index in [9.17, 15) is 4.21 Å². The molecule has 9 heavy (non-hydrogen) atoms. The van der Waals surface area contributed by atoms with Gasteiger partial charge in [0.05, 0.1) is 0 Å². The van der Waals surface area contributed by atoms with Gasteiger partial charge in [0.2, 0.25) is 0 Å². The van der Waals surface area contributed by atoms with E-state index < -0.39 is 11.1 Å². The second-order valence-corrected chi connectivity index (χ2v) is 2.90. The van der Waals surface area contributed by atoms with Crippen LogP contribution in [0.3, 0.4) is 0 Å². The SMILES string of the molecule is O=S(O)C1=CCNCC1. The largest absolute Gasteiger partial charge is 0.313 e. The van der Waals surface area contributed by atoms with Crippen LogP contribution in [-0.2, 0) is 11.1 Å². The quantitative estimate of drug-likeness (QED) is 0.517. The molecule has 0 amide bonds. The Bertz CT molecular complexity index is 155. The lowest BCUT2D eigenvalue weighted by Crippen LogP contribution is -2.21. The van der Waals surface area contributed by atoms with E-state index in [0.29, 0.717) is 11.3 Å². The molecular weight excluding hydrogens is 138 g/mol. The van der Waals surface area contributed by atoms with Crippen LogP contribution >= 0.6 is 0 Å². The van der Waals surface area contributed by atoms with Crippen molar-refractivity contribution in [1.29, 1.82) is 0 Å². The highest BCUT2D eigenvalue weighted by molar-refractivity contribution is 7.83. The van der Waals surface area contributed by atoms with Crippen LogP contribution in [0.25, 0.3) is 0 Å². The van der Waals surface area contributed by atoms with Gasteiger partial charge in [0.25, 0.3) is 0 Å². The van der Waals surface area contributed by atoms with Crippen LogP contribution in [0.1, 0.15) is 6.42 Å². The fraction of sp³-hybridized carbons (Fsp3) is 0.600. The molecule has 1 aliphatic rings. The number of rotatable bonds is 1. The molecule has 0 aromatic rings. The van der Waals surface area contributed by atoms with Crippen molar-refractivity contribution < 1.29 is 8.76 Å². The maximum absolute atomic E-state index is 10.4. The summed E-state index contributed by atoms with van der Waals surface area (Å²) in [5.41, 5.74) is 0. The van der Waals surface area contributed by atoms with E-state index in [0.717, 1.165) is 13.1 Å². The molecule has 0 bridgehead atoms. The zero-order valence-electron chi connectivity index (χ0n) is 4.96. The molecule has 1 atom stereocenters. The Morgan fingerprint density at radius 1 is 1.78 bits per heavy atom. The third-order valence-corrected chi connectivity index (χ3v) is 2.07. The van der Waals surface area contributed by atoms with Crippen molar-refractivity contribution >= 4 is 11.1 Å². The molecule has 52 valence electrons. The molecule has 0 radical (unpaired) electrons. The molecule has 0 saturated heterocycles. The topological polar surface area (TPSA) is 49.3 Å². The van der Waals surface area contributed by atoms with Gasteiger partial charge in [0.15, 0.2) is 11.1 Å². The van der Waals surface area contributed by atoms with Gasteiger partial charge < -0.3 is 9.87 Å². The summed E-state index contributed by atoms with van der Waals surface area (Å²) in [5, 5.41) is 3.05. The van der Waals surface area contributed by atoms with E-state index in [1.807, 2.05) is 0 Å². The van der Waals surface area contributed by atoms with Crippen LogP contribution in [0.4, 0.5) is 0 Å². The first-order valence-electron chi connectivity index (χ1n) is 2.81. The van der Waals surface area contributed by atoms with Crippen LogP contribution in [0, 0.1) is 0 Å². The highest BCUT2D eigenvalue weighted by atomic mass is 32.2. The second kappa shape index (κ2) is 3.10. The molecule has 2 N–H and O–H groups in total. The first-order valence-corrected chi connectivity index (χ1v) is 3.92. The molecule has 1 unspecified atom stereocenters. The summed E-state index contributed by atoms with van der Waals surface area (Å²) < 4.78 is 18.9. The van der Waals surface area contributed by atoms with Crippen LogP contribution in [-0.4, -0.2) is 21.9 Å². The van der Waals surface area contributed by atoms with Crippen molar-refractivity contribution in [2.75, 3.05) is 13.1 Å². The minimum absolute atomic E-state index is 0.647. The molecule has 3 nitrogen and oxygen atoms in total. The monoisotopic (exact) mass is 147 g/mol. The maximum Gasteiger partial charge on any atom is 0.182 e. The predicted octanol–water partition coefficient (Wildman–Crippen LogP) is 0.0853. The Balaban J connectivity index is 2.57. The molecule has 1 heterocycles. The molecule has 4 heteroatoms. The van der Waals surface area contributed by atoms with Crippen molar-refractivity contribution in [1.82, 2.24) is 5.32 Å². The third-order valence-electron chi connectivity index (χ3n) is 1.25. The van der Waals surface area contributed by atoms with Gasteiger partial charge in [-0.25, -0.2) is 4.21 Å². The van der Waals surface area contributed by atoms with E-state index in [4.69, 9.17) is 4.55 Å². The van der Waals surface area contributed by atoms with Gasteiger partial charge in [-0.05, 0) is 6.42 Å². The number of hydrogen-bond acceptors (Lipinski definition) is 2. The summed E-state index contributed by atoms with van der Waals surface area (Å²) in [7, 11) is 0. The highest BCUT2D eigenvalue weighted by Crippen LogP contribution is 2.06. The van der Waals surface area contributed by atoms with E-state index in [2.05, 4.69) is 5.32 Å². The van der Waals surface area contributed by atoms with Crippen LogP contribution < -0.4 is 5.32 Å². The molecule has 1 aliphatic heterocycles. The summed E-state index contributed by atoms with van der Waals surface area (Å²) in [6.07, 6.45) is 2.46. The Labute approximate surface area is 56.4 Å². The number of hydrogen-bond donors (Lipinski definition) is 2. The maximum atomic E-state index is 10.4. The Kier molecular flexibility index (Phi) is 2.38. The average Bonchev–Trinajstić information content (AvgIpc) is 1.90. The Morgan fingerprint density at radius 3 is 2.89 bits per heavy atom. The van der Waals surface area contributed by atoms with Gasteiger partial charge in [0, 0.05) is 18.0 Å². The minimum atomic E-state index is -1.73. The average molecular weight is 147 g/mol. The van der Waals surface area contributed by atoms with Crippen molar-refractivity contribution in [3.05, 3.63) is 11.0 Å². The van der Waals surface area contributed by atoms with Gasteiger partial charge in [-0.15, -0.1) is 0 Å². The molecule has 1 rings (SSSR count). The van der Waals surface area contributed by atoms with Gasteiger partial charge in [-0.1, -0.05) is 6.08 Å². The predicted molar refractivity (Wildman–Crippen MR) is 36.3 cm³/mol. The van der Waals surface area contributed by atoms with Crippen LogP contribution in [0.2, 0.25) is 0 Å². The Hall–Kier alpha value is -0.190. The lowest BCUT2D eigenvalue weighted by Gasteiger charge is -2.09. The van der Waals surface area contributed by atoms with Gasteiger partial charge >= 0.3 is 0 Å². The zero-order chi connectivity index (χ0) is 6.69. The lowest BCUT2D eigenvalue weighted by atomic mass is 10.3. The van der Waals surface area contributed by atoms with Crippen molar-refractivity contribution in [3.8, 4) is 0 Å². The summed E-state index contributed by atoms with van der Waals surface area (Å²) in [5.74, 6) is 0. The Morgan fingerprint density at radius 2 is 2.56 bits per heavy atom. The molecule has 0 fully saturated rings. The van der Waals surface area contributed by atoms with Crippen molar-refractivity contribution in [2.24, 2.45) is 0 Å². The van der Waals surface area contributed by atoms with E-state index >= 15 is 0 Å². The molecule has 0 spiro atoms. The normalized spacial score (nSPS) is 23.0. The van der Waals surface area contributed by atoms with Gasteiger partial charge in [-0.3, -0.25) is 0 Å². The zero-order valence-corrected chi connectivity index (χ0v) is 5.78. The molecule has 0 aliphatic carbocycles. The van der Waals surface area contributed by atoms with Crippen molar-refractivity contribution in [2.45, 2.75) is 6.42 Å². The van der Waals surface area contributed by atoms with E-state index in [-0.39, 0.29) is 0 Å². The molecule has 0 aromatic carbocycles. The van der Waals surface area contributed by atoms with Gasteiger partial charge in [0.1, 0.15) is 0 Å². The molecule has 0 saturated carbocycles. The van der Waals surface area contributed by atoms with E-state index in [1.165, 1.54) is 0 Å². The highest BCUT2D eigenvalue weighted by Gasteiger charge is 2.06.